The molecule has 0 fully saturated rings. The Labute approximate surface area is 94.5 Å². The van der Waals surface area contributed by atoms with Crippen LogP contribution in [0.4, 0.5) is 0 Å². The zero-order valence-corrected chi connectivity index (χ0v) is 9.45. The molecule has 0 aliphatic heterocycles. The van der Waals surface area contributed by atoms with Gasteiger partial charge in [0.15, 0.2) is 0 Å². The number of carbonyl (C=O) groups excluding carboxylic acids is 1. The third-order valence-corrected chi connectivity index (χ3v) is 2.08. The van der Waals surface area contributed by atoms with Crippen LogP contribution in [0.25, 0.3) is 0 Å². The number of hydrogen-bond acceptors (Lipinski definition) is 4. The van der Waals surface area contributed by atoms with Crippen LogP contribution in [0.5, 0.6) is 11.5 Å². The number of methoxy groups -OCH3 is 2. The summed E-state index contributed by atoms with van der Waals surface area (Å²) in [6.45, 7) is 0.845. The zero-order chi connectivity index (χ0) is 12.0. The van der Waals surface area contributed by atoms with E-state index in [1.54, 1.807) is 25.3 Å². The van der Waals surface area contributed by atoms with Crippen LogP contribution in [-0.2, 0) is 0 Å². The number of nitrogens with two attached hydrogens (primary N) is 1. The number of rotatable bonds is 5. The first-order valence-electron chi connectivity index (χ1n) is 4.93. The molecule has 0 spiro atoms. The second kappa shape index (κ2) is 5.97. The van der Waals surface area contributed by atoms with E-state index < -0.39 is 0 Å². The molecule has 5 nitrogen and oxygen atoms in total. The SMILES string of the molecule is COc1ccc(C(=O)NCCN)c(OC)c1. The van der Waals surface area contributed by atoms with Crippen molar-refractivity contribution in [3.8, 4) is 11.5 Å². The smallest absolute Gasteiger partial charge is 0.255 e. The van der Waals surface area contributed by atoms with E-state index in [-0.39, 0.29) is 5.91 Å². The van der Waals surface area contributed by atoms with E-state index >= 15 is 0 Å². The highest BCUT2D eigenvalue weighted by atomic mass is 16.5. The van der Waals surface area contributed by atoms with Crippen LogP contribution < -0.4 is 20.5 Å². The summed E-state index contributed by atoms with van der Waals surface area (Å²) in [6.07, 6.45) is 0. The number of carbonyl (C=O) groups is 1. The molecule has 16 heavy (non-hydrogen) atoms. The van der Waals surface area contributed by atoms with Crippen molar-refractivity contribution in [1.29, 1.82) is 0 Å². The van der Waals surface area contributed by atoms with E-state index in [0.717, 1.165) is 0 Å². The van der Waals surface area contributed by atoms with Crippen LogP contribution in [0.15, 0.2) is 18.2 Å². The summed E-state index contributed by atoms with van der Waals surface area (Å²) in [5, 5.41) is 2.68. The largest absolute Gasteiger partial charge is 0.497 e. The molecule has 0 saturated heterocycles. The number of ether oxygens (including phenoxy) is 2. The summed E-state index contributed by atoms with van der Waals surface area (Å²) in [4.78, 5) is 11.7. The lowest BCUT2D eigenvalue weighted by atomic mass is 10.1. The van der Waals surface area contributed by atoms with Crippen molar-refractivity contribution in [2.75, 3.05) is 27.3 Å². The van der Waals surface area contributed by atoms with Gasteiger partial charge in [0.1, 0.15) is 11.5 Å². The van der Waals surface area contributed by atoms with Crippen LogP contribution in [0.2, 0.25) is 0 Å². The maximum atomic E-state index is 11.7. The van der Waals surface area contributed by atoms with Crippen molar-refractivity contribution in [1.82, 2.24) is 5.32 Å². The van der Waals surface area contributed by atoms with Crippen LogP contribution >= 0.6 is 0 Å². The standard InChI is InChI=1S/C11H16N2O3/c1-15-8-3-4-9(10(7-8)16-2)11(14)13-6-5-12/h3-4,7H,5-6,12H2,1-2H3,(H,13,14). The molecule has 0 saturated carbocycles. The second-order valence-corrected chi connectivity index (χ2v) is 3.11. The predicted octanol–water partition coefficient (Wildman–Crippen LogP) is 0.392. The summed E-state index contributed by atoms with van der Waals surface area (Å²) in [5.74, 6) is 0.922. The molecule has 0 aromatic heterocycles. The minimum Gasteiger partial charge on any atom is -0.497 e. The molecule has 5 heteroatoms. The van der Waals surface area contributed by atoms with Gasteiger partial charge in [-0.15, -0.1) is 0 Å². The molecular weight excluding hydrogens is 208 g/mol. The molecule has 0 heterocycles. The maximum Gasteiger partial charge on any atom is 0.255 e. The average Bonchev–Trinajstić information content (AvgIpc) is 2.34. The molecule has 88 valence electrons. The summed E-state index contributed by atoms with van der Waals surface area (Å²) in [7, 11) is 3.07. The Morgan fingerprint density at radius 1 is 1.38 bits per heavy atom. The molecule has 1 amide bonds. The predicted molar refractivity (Wildman–Crippen MR) is 60.9 cm³/mol. The molecule has 0 aliphatic rings. The average molecular weight is 224 g/mol. The van der Waals surface area contributed by atoms with Crippen LogP contribution in [0, 0.1) is 0 Å². The molecule has 1 aromatic rings. The van der Waals surface area contributed by atoms with Gasteiger partial charge in [-0.05, 0) is 12.1 Å². The quantitative estimate of drug-likeness (QED) is 0.759. The molecule has 0 bridgehead atoms. The molecule has 1 aromatic carbocycles. The summed E-state index contributed by atoms with van der Waals surface area (Å²) < 4.78 is 10.2. The first-order valence-corrected chi connectivity index (χ1v) is 4.93. The lowest BCUT2D eigenvalue weighted by molar-refractivity contribution is 0.0951. The Bertz CT molecular complexity index is 366. The van der Waals surface area contributed by atoms with Crippen molar-refractivity contribution in [3.63, 3.8) is 0 Å². The molecule has 0 atom stereocenters. The Kier molecular flexibility index (Phi) is 4.60. The van der Waals surface area contributed by atoms with Gasteiger partial charge in [0, 0.05) is 19.2 Å². The Hall–Kier alpha value is -1.75. The highest BCUT2D eigenvalue weighted by molar-refractivity contribution is 5.97. The number of nitrogens with one attached hydrogen (secondary N) is 1. The van der Waals surface area contributed by atoms with E-state index in [1.165, 1.54) is 7.11 Å². The zero-order valence-electron chi connectivity index (χ0n) is 9.45. The fourth-order valence-electron chi connectivity index (χ4n) is 1.27. The van der Waals surface area contributed by atoms with Crippen molar-refractivity contribution in [2.45, 2.75) is 0 Å². The first-order chi connectivity index (χ1) is 7.72. The van der Waals surface area contributed by atoms with E-state index in [4.69, 9.17) is 15.2 Å². The van der Waals surface area contributed by atoms with E-state index in [9.17, 15) is 4.79 Å². The van der Waals surface area contributed by atoms with Gasteiger partial charge in [-0.3, -0.25) is 4.79 Å². The Morgan fingerprint density at radius 3 is 2.69 bits per heavy atom. The lowest BCUT2D eigenvalue weighted by Gasteiger charge is -2.10. The van der Waals surface area contributed by atoms with Crippen molar-refractivity contribution in [3.05, 3.63) is 23.8 Å². The fourth-order valence-corrected chi connectivity index (χ4v) is 1.27. The van der Waals surface area contributed by atoms with Gasteiger partial charge in [0.2, 0.25) is 0 Å². The van der Waals surface area contributed by atoms with Crippen molar-refractivity contribution < 1.29 is 14.3 Å². The highest BCUT2D eigenvalue weighted by Gasteiger charge is 2.12. The van der Waals surface area contributed by atoms with Crippen molar-refractivity contribution in [2.24, 2.45) is 5.73 Å². The van der Waals surface area contributed by atoms with Crippen LogP contribution in [0.3, 0.4) is 0 Å². The third-order valence-electron chi connectivity index (χ3n) is 2.08. The van der Waals surface area contributed by atoms with Gasteiger partial charge in [0.25, 0.3) is 5.91 Å². The lowest BCUT2D eigenvalue weighted by Crippen LogP contribution is -2.29. The summed E-state index contributed by atoms with van der Waals surface area (Å²) in [5.41, 5.74) is 5.77. The summed E-state index contributed by atoms with van der Waals surface area (Å²) in [6, 6.07) is 5.03. The van der Waals surface area contributed by atoms with E-state index in [0.29, 0.717) is 30.2 Å². The molecule has 1 rings (SSSR count). The van der Waals surface area contributed by atoms with E-state index in [2.05, 4.69) is 5.32 Å². The minimum absolute atomic E-state index is 0.204. The Balaban J connectivity index is 2.90. The van der Waals surface area contributed by atoms with Gasteiger partial charge >= 0.3 is 0 Å². The van der Waals surface area contributed by atoms with Gasteiger partial charge < -0.3 is 20.5 Å². The molecule has 0 aliphatic carbocycles. The topological polar surface area (TPSA) is 73.6 Å². The van der Waals surface area contributed by atoms with Gasteiger partial charge in [-0.25, -0.2) is 0 Å². The number of benzene rings is 1. The number of amides is 1. The van der Waals surface area contributed by atoms with E-state index in [1.807, 2.05) is 0 Å². The van der Waals surface area contributed by atoms with Crippen LogP contribution in [-0.4, -0.2) is 33.2 Å². The summed E-state index contributed by atoms with van der Waals surface area (Å²) >= 11 is 0. The monoisotopic (exact) mass is 224 g/mol. The maximum absolute atomic E-state index is 11.7. The molecular formula is C11H16N2O3. The highest BCUT2D eigenvalue weighted by Crippen LogP contribution is 2.24. The normalized spacial score (nSPS) is 9.69. The van der Waals surface area contributed by atoms with Crippen molar-refractivity contribution >= 4 is 5.91 Å². The van der Waals surface area contributed by atoms with Gasteiger partial charge in [-0.1, -0.05) is 0 Å². The fraction of sp³-hybridized carbons (Fsp3) is 0.364. The minimum atomic E-state index is -0.204. The third kappa shape index (κ3) is 2.87. The Morgan fingerprint density at radius 2 is 2.12 bits per heavy atom. The first kappa shape index (κ1) is 12.3. The molecule has 0 radical (unpaired) electrons. The van der Waals surface area contributed by atoms with Gasteiger partial charge in [0.05, 0.1) is 19.8 Å². The van der Waals surface area contributed by atoms with Crippen LogP contribution in [0.1, 0.15) is 10.4 Å². The molecule has 0 unspecified atom stereocenters. The second-order valence-electron chi connectivity index (χ2n) is 3.11. The van der Waals surface area contributed by atoms with Gasteiger partial charge in [-0.2, -0.15) is 0 Å². The molecule has 3 N–H and O–H groups in total. The number of hydrogen-bond donors (Lipinski definition) is 2.